The molecule has 0 bridgehead atoms. The Morgan fingerprint density at radius 3 is 2.74 bits per heavy atom. The smallest absolute Gasteiger partial charge is 0.345 e. The Morgan fingerprint density at radius 2 is 2.11 bits per heavy atom. The Hall–Kier alpha value is -1.93. The predicted octanol–water partition coefficient (Wildman–Crippen LogP) is 1.71. The molecule has 0 aliphatic carbocycles. The average molecular weight is 392 g/mol. The third-order valence-corrected chi connectivity index (χ3v) is 7.36. The van der Waals surface area contributed by atoms with E-state index in [2.05, 4.69) is 0 Å². The standard InChI is InChI=1S/C19H24N2O5S/c1-2-20-11-13(10-15(20)22)17(23)21-6-4-19(5-7-21)16-12(3-8-26-19)9-14(27-16)18(24)25/h9,13H,2-8,10-11H2,1H3,(H,24,25). The van der Waals surface area contributed by atoms with Crippen molar-refractivity contribution in [3.05, 3.63) is 21.4 Å². The van der Waals surface area contributed by atoms with Gasteiger partial charge < -0.3 is 19.6 Å². The van der Waals surface area contributed by atoms with Gasteiger partial charge in [-0.1, -0.05) is 0 Å². The van der Waals surface area contributed by atoms with Crippen molar-refractivity contribution in [1.29, 1.82) is 0 Å². The van der Waals surface area contributed by atoms with Crippen molar-refractivity contribution in [3.8, 4) is 0 Å². The number of nitrogens with zero attached hydrogens (tertiary/aromatic N) is 2. The van der Waals surface area contributed by atoms with E-state index >= 15 is 0 Å². The molecular weight excluding hydrogens is 368 g/mol. The van der Waals surface area contributed by atoms with Crippen LogP contribution in [0.5, 0.6) is 0 Å². The van der Waals surface area contributed by atoms with Gasteiger partial charge in [-0.15, -0.1) is 11.3 Å². The molecule has 146 valence electrons. The first-order valence-electron chi connectivity index (χ1n) is 9.50. The lowest BCUT2D eigenvalue weighted by Gasteiger charge is -2.44. The first-order chi connectivity index (χ1) is 12.9. The summed E-state index contributed by atoms with van der Waals surface area (Å²) >= 11 is 1.31. The number of rotatable bonds is 3. The van der Waals surface area contributed by atoms with Crippen LogP contribution in [0.4, 0.5) is 0 Å². The van der Waals surface area contributed by atoms with Crippen molar-refractivity contribution in [2.75, 3.05) is 32.8 Å². The fourth-order valence-electron chi connectivity index (χ4n) is 4.49. The van der Waals surface area contributed by atoms with Crippen LogP contribution in [0.3, 0.4) is 0 Å². The van der Waals surface area contributed by atoms with E-state index in [0.29, 0.717) is 56.9 Å². The summed E-state index contributed by atoms with van der Waals surface area (Å²) in [4.78, 5) is 41.1. The fraction of sp³-hybridized carbons (Fsp3) is 0.632. The highest BCUT2D eigenvalue weighted by atomic mass is 32.1. The molecule has 1 aromatic rings. The minimum Gasteiger partial charge on any atom is -0.477 e. The third kappa shape index (κ3) is 3.14. The summed E-state index contributed by atoms with van der Waals surface area (Å²) < 4.78 is 6.15. The fourth-order valence-corrected chi connectivity index (χ4v) is 5.74. The highest BCUT2D eigenvalue weighted by molar-refractivity contribution is 7.14. The summed E-state index contributed by atoms with van der Waals surface area (Å²) in [6.45, 7) is 4.83. The second-order valence-corrected chi connectivity index (χ2v) is 8.57. The summed E-state index contributed by atoms with van der Waals surface area (Å²) in [6, 6.07) is 1.77. The van der Waals surface area contributed by atoms with Crippen molar-refractivity contribution in [3.63, 3.8) is 0 Å². The van der Waals surface area contributed by atoms with Gasteiger partial charge in [0.15, 0.2) is 0 Å². The van der Waals surface area contributed by atoms with E-state index in [9.17, 15) is 19.5 Å². The summed E-state index contributed by atoms with van der Waals surface area (Å²) in [5, 5.41) is 9.31. The summed E-state index contributed by atoms with van der Waals surface area (Å²) in [7, 11) is 0. The molecule has 0 aromatic carbocycles. The second kappa shape index (κ2) is 6.91. The van der Waals surface area contributed by atoms with Gasteiger partial charge in [0.05, 0.1) is 12.5 Å². The molecule has 27 heavy (non-hydrogen) atoms. The topological polar surface area (TPSA) is 87.2 Å². The maximum atomic E-state index is 12.8. The number of carboxylic acid groups (broad SMARTS) is 1. The number of thiophene rings is 1. The molecule has 0 saturated carbocycles. The lowest BCUT2D eigenvalue weighted by molar-refractivity contribution is -0.144. The van der Waals surface area contributed by atoms with Crippen LogP contribution >= 0.6 is 11.3 Å². The molecule has 2 saturated heterocycles. The van der Waals surface area contributed by atoms with E-state index in [1.54, 1.807) is 11.0 Å². The van der Waals surface area contributed by atoms with Gasteiger partial charge in [0.25, 0.3) is 0 Å². The number of aromatic carboxylic acids is 1. The van der Waals surface area contributed by atoms with Crippen LogP contribution in [0, 0.1) is 5.92 Å². The van der Waals surface area contributed by atoms with Gasteiger partial charge in [-0.2, -0.15) is 0 Å². The highest BCUT2D eigenvalue weighted by Crippen LogP contribution is 2.45. The number of hydrogen-bond donors (Lipinski definition) is 1. The van der Waals surface area contributed by atoms with Gasteiger partial charge in [-0.3, -0.25) is 9.59 Å². The van der Waals surface area contributed by atoms with E-state index in [-0.39, 0.29) is 17.7 Å². The van der Waals surface area contributed by atoms with Gasteiger partial charge in [-0.25, -0.2) is 4.79 Å². The molecule has 8 heteroatoms. The Bertz CT molecular complexity index is 781. The number of piperidine rings is 1. The van der Waals surface area contributed by atoms with Gasteiger partial charge in [0.1, 0.15) is 10.5 Å². The number of amides is 2. The van der Waals surface area contributed by atoms with E-state index in [4.69, 9.17) is 4.74 Å². The molecule has 1 spiro atoms. The predicted molar refractivity (Wildman–Crippen MR) is 98.8 cm³/mol. The highest BCUT2D eigenvalue weighted by Gasteiger charge is 2.45. The molecule has 7 nitrogen and oxygen atoms in total. The molecule has 1 unspecified atom stereocenters. The molecule has 3 aliphatic rings. The van der Waals surface area contributed by atoms with Crippen molar-refractivity contribution < 1.29 is 24.2 Å². The van der Waals surface area contributed by atoms with E-state index in [0.717, 1.165) is 16.9 Å². The molecule has 4 heterocycles. The normalized spacial score (nSPS) is 24.3. The van der Waals surface area contributed by atoms with Crippen LogP contribution in [0.15, 0.2) is 6.07 Å². The van der Waals surface area contributed by atoms with Crippen molar-refractivity contribution in [2.45, 2.75) is 38.2 Å². The number of likely N-dealkylation sites (tertiary alicyclic amines) is 2. The second-order valence-electron chi connectivity index (χ2n) is 7.52. The zero-order valence-electron chi connectivity index (χ0n) is 15.4. The van der Waals surface area contributed by atoms with Crippen LogP contribution < -0.4 is 0 Å². The number of fused-ring (bicyclic) bond motifs is 2. The Balaban J connectivity index is 1.46. The largest absolute Gasteiger partial charge is 0.477 e. The lowest BCUT2D eigenvalue weighted by atomic mass is 9.85. The van der Waals surface area contributed by atoms with Gasteiger partial charge in [-0.05, 0) is 37.8 Å². The van der Waals surface area contributed by atoms with Gasteiger partial charge in [0.2, 0.25) is 11.8 Å². The monoisotopic (exact) mass is 392 g/mol. The maximum absolute atomic E-state index is 12.8. The zero-order valence-corrected chi connectivity index (χ0v) is 16.2. The minimum absolute atomic E-state index is 0.0580. The van der Waals surface area contributed by atoms with E-state index in [1.165, 1.54) is 11.3 Å². The first kappa shape index (κ1) is 18.4. The van der Waals surface area contributed by atoms with Crippen LogP contribution in [-0.4, -0.2) is 65.5 Å². The Morgan fingerprint density at radius 1 is 1.37 bits per heavy atom. The molecule has 2 fully saturated rings. The first-order valence-corrected chi connectivity index (χ1v) is 10.3. The molecule has 2 amide bonds. The molecule has 1 atom stereocenters. The summed E-state index contributed by atoms with van der Waals surface area (Å²) in [5.41, 5.74) is 0.604. The van der Waals surface area contributed by atoms with E-state index in [1.807, 2.05) is 11.8 Å². The summed E-state index contributed by atoms with van der Waals surface area (Å²) in [5.74, 6) is -1.02. The van der Waals surface area contributed by atoms with Crippen molar-refractivity contribution in [1.82, 2.24) is 9.80 Å². The SMILES string of the molecule is CCN1CC(C(=O)N2CCC3(CC2)OCCc2cc(C(=O)O)sc23)CC1=O. The van der Waals surface area contributed by atoms with E-state index < -0.39 is 11.6 Å². The number of ether oxygens (including phenoxy) is 1. The van der Waals surface area contributed by atoms with Crippen molar-refractivity contribution in [2.24, 2.45) is 5.92 Å². The third-order valence-electron chi connectivity index (χ3n) is 6.01. The quantitative estimate of drug-likeness (QED) is 0.846. The zero-order chi connectivity index (χ0) is 19.2. The van der Waals surface area contributed by atoms with Crippen molar-refractivity contribution >= 4 is 29.1 Å². The van der Waals surface area contributed by atoms with Gasteiger partial charge in [0, 0.05) is 37.5 Å². The molecule has 3 aliphatic heterocycles. The molecule has 1 aromatic heterocycles. The minimum atomic E-state index is -0.899. The Labute approximate surface area is 161 Å². The Kier molecular flexibility index (Phi) is 4.71. The van der Waals surface area contributed by atoms with Crippen LogP contribution in [0.2, 0.25) is 0 Å². The maximum Gasteiger partial charge on any atom is 0.345 e. The number of carbonyl (C=O) groups excluding carboxylic acids is 2. The average Bonchev–Trinajstić information content (AvgIpc) is 3.26. The van der Waals surface area contributed by atoms with Crippen LogP contribution in [-0.2, 0) is 26.3 Å². The lowest BCUT2D eigenvalue weighted by Crippen LogP contribution is -2.49. The number of hydrogen-bond acceptors (Lipinski definition) is 5. The molecule has 1 N–H and O–H groups in total. The molecular formula is C19H24N2O5S. The molecule has 0 radical (unpaired) electrons. The number of carbonyl (C=O) groups is 3. The van der Waals surface area contributed by atoms with Gasteiger partial charge >= 0.3 is 5.97 Å². The molecule has 4 rings (SSSR count). The van der Waals surface area contributed by atoms with Crippen LogP contribution in [0.25, 0.3) is 0 Å². The number of carboxylic acids is 1. The van der Waals surface area contributed by atoms with Crippen LogP contribution in [0.1, 0.15) is 46.3 Å². The summed E-state index contributed by atoms with van der Waals surface area (Å²) in [6.07, 6.45) is 2.38.